The van der Waals surface area contributed by atoms with Gasteiger partial charge in [0.15, 0.2) is 11.6 Å². The van der Waals surface area contributed by atoms with Gasteiger partial charge in [0.25, 0.3) is 5.91 Å². The molecule has 2 aromatic carbocycles. The molecule has 3 rings (SSSR count). The van der Waals surface area contributed by atoms with Gasteiger partial charge in [-0.25, -0.2) is 4.98 Å². The Morgan fingerprint density at radius 1 is 1.19 bits per heavy atom. The van der Waals surface area contributed by atoms with Gasteiger partial charge in [0.2, 0.25) is 0 Å². The normalized spacial score (nSPS) is 13.5. The smallest absolute Gasteiger partial charge is 0.275 e. The number of hydrogen-bond acceptors (Lipinski definition) is 4. The third-order valence-corrected chi connectivity index (χ3v) is 6.53. The second-order valence-corrected chi connectivity index (χ2v) is 8.51. The molecular formula is C20H24N3OS2+. The van der Waals surface area contributed by atoms with Crippen LogP contribution in [0.15, 0.2) is 59.5 Å². The number of quaternary nitrogens is 1. The first-order valence-corrected chi connectivity index (χ1v) is 10.6. The Hall–Kier alpha value is -1.89. The average molecular weight is 387 g/mol. The van der Waals surface area contributed by atoms with Crippen LogP contribution in [-0.4, -0.2) is 36.8 Å². The minimum atomic E-state index is 0.0872. The molecular weight excluding hydrogens is 362 g/mol. The highest BCUT2D eigenvalue weighted by atomic mass is 32.2. The van der Waals surface area contributed by atoms with Gasteiger partial charge in [0.1, 0.15) is 6.04 Å². The molecule has 0 aliphatic heterocycles. The Labute approximate surface area is 162 Å². The molecule has 1 unspecified atom stereocenters. The maximum atomic E-state index is 12.2. The maximum absolute atomic E-state index is 12.2. The zero-order chi connectivity index (χ0) is 18.4. The quantitative estimate of drug-likeness (QED) is 0.462. The van der Waals surface area contributed by atoms with E-state index in [1.54, 1.807) is 23.1 Å². The van der Waals surface area contributed by atoms with E-state index in [0.29, 0.717) is 13.1 Å². The number of nitrogens with one attached hydrogen (secondary N) is 2. The van der Waals surface area contributed by atoms with Gasteiger partial charge in [-0.3, -0.25) is 4.79 Å². The first-order chi connectivity index (χ1) is 12.6. The molecule has 1 heterocycles. The second kappa shape index (κ2) is 9.16. The van der Waals surface area contributed by atoms with Crippen molar-refractivity contribution in [3.05, 3.63) is 59.6 Å². The summed E-state index contributed by atoms with van der Waals surface area (Å²) in [6, 6.07) is 18.6. The lowest BCUT2D eigenvalue weighted by Crippen LogP contribution is -3.10. The third-order valence-electron chi connectivity index (χ3n) is 4.30. The molecule has 136 valence electrons. The fraction of sp³-hybridized carbons (Fsp3) is 0.300. The van der Waals surface area contributed by atoms with Crippen LogP contribution < -0.4 is 10.2 Å². The molecule has 0 saturated heterocycles. The number of thioether (sulfide) groups is 1. The number of amides is 1. The van der Waals surface area contributed by atoms with Gasteiger partial charge in [0, 0.05) is 17.2 Å². The largest absolute Gasteiger partial charge is 0.350 e. The van der Waals surface area contributed by atoms with Crippen LogP contribution in [0.2, 0.25) is 0 Å². The summed E-state index contributed by atoms with van der Waals surface area (Å²) in [5.41, 5.74) is 1.04. The molecule has 0 bridgehead atoms. The number of benzene rings is 2. The van der Waals surface area contributed by atoms with E-state index in [0.717, 1.165) is 21.2 Å². The molecule has 0 aliphatic rings. The highest BCUT2D eigenvalue weighted by Gasteiger charge is 2.21. The summed E-state index contributed by atoms with van der Waals surface area (Å²) >= 11 is 3.47. The van der Waals surface area contributed by atoms with Crippen molar-refractivity contribution in [3.63, 3.8) is 0 Å². The predicted molar refractivity (Wildman–Crippen MR) is 110 cm³/mol. The molecule has 2 atom stereocenters. The molecule has 6 heteroatoms. The van der Waals surface area contributed by atoms with Gasteiger partial charge in [0.05, 0.1) is 17.3 Å². The highest BCUT2D eigenvalue weighted by Crippen LogP contribution is 2.24. The van der Waals surface area contributed by atoms with Gasteiger partial charge in [-0.05, 0) is 31.2 Å². The SMILES string of the molecule is C[C@H](c1nc2ccccc2s1)[NH+](C)CC(=O)NCCSc1ccccc1. The number of thiazole rings is 1. The number of hydrogen-bond donors (Lipinski definition) is 2. The van der Waals surface area contributed by atoms with Gasteiger partial charge in [-0.2, -0.15) is 0 Å². The van der Waals surface area contributed by atoms with Crippen molar-refractivity contribution >= 4 is 39.2 Å². The van der Waals surface area contributed by atoms with Crippen molar-refractivity contribution < 1.29 is 9.69 Å². The van der Waals surface area contributed by atoms with E-state index in [9.17, 15) is 4.79 Å². The molecule has 1 aromatic heterocycles. The summed E-state index contributed by atoms with van der Waals surface area (Å²) in [4.78, 5) is 19.3. The summed E-state index contributed by atoms with van der Waals surface area (Å²) in [6.45, 7) is 3.26. The van der Waals surface area contributed by atoms with Crippen LogP contribution >= 0.6 is 23.1 Å². The lowest BCUT2D eigenvalue weighted by molar-refractivity contribution is -0.902. The number of nitrogens with zero attached hydrogens (tertiary/aromatic N) is 1. The molecule has 4 nitrogen and oxygen atoms in total. The highest BCUT2D eigenvalue weighted by molar-refractivity contribution is 7.99. The Morgan fingerprint density at radius 2 is 1.92 bits per heavy atom. The van der Waals surface area contributed by atoms with Crippen molar-refractivity contribution in [1.82, 2.24) is 10.3 Å². The third kappa shape index (κ3) is 5.06. The van der Waals surface area contributed by atoms with E-state index in [1.807, 2.05) is 36.4 Å². The molecule has 0 saturated carbocycles. The summed E-state index contributed by atoms with van der Waals surface area (Å²) in [5.74, 6) is 0.964. The maximum Gasteiger partial charge on any atom is 0.275 e. The minimum absolute atomic E-state index is 0.0872. The first kappa shape index (κ1) is 18.9. The zero-order valence-electron chi connectivity index (χ0n) is 15.1. The van der Waals surface area contributed by atoms with Crippen molar-refractivity contribution in [2.24, 2.45) is 0 Å². The van der Waals surface area contributed by atoms with Crippen LogP contribution in [0, 0.1) is 0 Å². The fourth-order valence-corrected chi connectivity index (χ4v) is 4.53. The van der Waals surface area contributed by atoms with Gasteiger partial charge in [-0.15, -0.1) is 23.1 Å². The van der Waals surface area contributed by atoms with E-state index in [2.05, 4.69) is 37.5 Å². The van der Waals surface area contributed by atoms with Crippen LogP contribution in [0.3, 0.4) is 0 Å². The Kier molecular flexibility index (Phi) is 6.66. The fourth-order valence-electron chi connectivity index (χ4n) is 2.63. The predicted octanol–water partition coefficient (Wildman–Crippen LogP) is 2.78. The lowest BCUT2D eigenvalue weighted by atomic mass is 10.3. The number of rotatable bonds is 8. The van der Waals surface area contributed by atoms with Crippen LogP contribution in [-0.2, 0) is 4.79 Å². The Morgan fingerprint density at radius 3 is 2.69 bits per heavy atom. The number of carbonyl (C=O) groups is 1. The number of fused-ring (bicyclic) bond motifs is 1. The molecule has 26 heavy (non-hydrogen) atoms. The molecule has 2 N–H and O–H groups in total. The number of likely N-dealkylation sites (N-methyl/N-ethyl adjacent to an activating group) is 1. The van der Waals surface area contributed by atoms with Crippen LogP contribution in [0.25, 0.3) is 10.2 Å². The minimum Gasteiger partial charge on any atom is -0.350 e. The van der Waals surface area contributed by atoms with Gasteiger partial charge >= 0.3 is 0 Å². The topological polar surface area (TPSA) is 46.4 Å². The standard InChI is InChI=1S/C20H23N3OS2/c1-15(20-22-17-10-6-7-11-18(17)26-20)23(2)14-19(24)21-12-13-25-16-8-4-3-5-9-16/h3-11,15H,12-14H2,1-2H3,(H,21,24)/p+1/t15-/m1/s1. The molecule has 3 aromatic rings. The van der Waals surface area contributed by atoms with Crippen LogP contribution in [0.4, 0.5) is 0 Å². The van der Waals surface area contributed by atoms with E-state index in [1.165, 1.54) is 9.60 Å². The molecule has 0 fully saturated rings. The van der Waals surface area contributed by atoms with Crippen LogP contribution in [0.5, 0.6) is 0 Å². The van der Waals surface area contributed by atoms with Gasteiger partial charge in [-0.1, -0.05) is 30.3 Å². The average Bonchev–Trinajstić information content (AvgIpc) is 3.09. The molecule has 0 spiro atoms. The van der Waals surface area contributed by atoms with E-state index in [-0.39, 0.29) is 11.9 Å². The van der Waals surface area contributed by atoms with E-state index >= 15 is 0 Å². The van der Waals surface area contributed by atoms with Crippen molar-refractivity contribution in [1.29, 1.82) is 0 Å². The summed E-state index contributed by atoms with van der Waals surface area (Å²) in [7, 11) is 2.05. The number of para-hydroxylation sites is 1. The Bertz CT molecular complexity index is 817. The first-order valence-electron chi connectivity index (χ1n) is 8.76. The summed E-state index contributed by atoms with van der Waals surface area (Å²) in [5, 5.41) is 4.10. The van der Waals surface area contributed by atoms with Crippen molar-refractivity contribution in [3.8, 4) is 0 Å². The number of carbonyl (C=O) groups excluding carboxylic acids is 1. The lowest BCUT2D eigenvalue weighted by Gasteiger charge is -2.19. The monoisotopic (exact) mass is 386 g/mol. The van der Waals surface area contributed by atoms with E-state index < -0.39 is 0 Å². The van der Waals surface area contributed by atoms with Crippen molar-refractivity contribution in [2.45, 2.75) is 17.9 Å². The zero-order valence-corrected chi connectivity index (χ0v) is 16.7. The van der Waals surface area contributed by atoms with Crippen LogP contribution in [0.1, 0.15) is 18.0 Å². The summed E-state index contributed by atoms with van der Waals surface area (Å²) < 4.78 is 1.20. The molecule has 1 amide bonds. The molecule has 0 aliphatic carbocycles. The van der Waals surface area contributed by atoms with Gasteiger partial charge < -0.3 is 10.2 Å². The Balaban J connectivity index is 1.44. The molecule has 0 radical (unpaired) electrons. The second-order valence-electron chi connectivity index (χ2n) is 6.28. The van der Waals surface area contributed by atoms with Crippen molar-refractivity contribution in [2.75, 3.05) is 25.9 Å². The van der Waals surface area contributed by atoms with E-state index in [4.69, 9.17) is 4.98 Å². The summed E-state index contributed by atoms with van der Waals surface area (Å²) in [6.07, 6.45) is 0. The number of aromatic nitrogens is 1.